The molecule has 0 aromatic carbocycles. The molecule has 68 valence electrons. The second kappa shape index (κ2) is 3.93. The molecular weight excluding hydrogens is 144 g/mol. The molecule has 1 aliphatic carbocycles. The summed E-state index contributed by atoms with van der Waals surface area (Å²) in [6.45, 7) is 10.9. The molecule has 2 unspecified atom stereocenters. The van der Waals surface area contributed by atoms with Crippen LogP contribution in [0.2, 0.25) is 0 Å². The lowest BCUT2D eigenvalue weighted by molar-refractivity contribution is 0.416. The summed E-state index contributed by atoms with van der Waals surface area (Å²) in [6, 6.07) is 0. The number of allylic oxidation sites excluding steroid dienone is 3. The van der Waals surface area contributed by atoms with E-state index in [4.69, 9.17) is 0 Å². The van der Waals surface area contributed by atoms with Gasteiger partial charge in [0.05, 0.1) is 0 Å². The van der Waals surface area contributed by atoms with Gasteiger partial charge in [-0.05, 0) is 32.1 Å². The molecule has 2 atom stereocenters. The van der Waals surface area contributed by atoms with E-state index in [2.05, 4.69) is 33.4 Å². The Bertz CT molecular complexity index is 198. The van der Waals surface area contributed by atoms with Crippen LogP contribution in [0, 0.1) is 11.8 Å². The normalized spacial score (nSPS) is 29.8. The fraction of sp³-hybridized carbons (Fsp3) is 0.667. The van der Waals surface area contributed by atoms with Gasteiger partial charge in [-0.25, -0.2) is 0 Å². The molecular formula is C12H20. The molecule has 0 fully saturated rings. The van der Waals surface area contributed by atoms with Gasteiger partial charge in [0.25, 0.3) is 0 Å². The summed E-state index contributed by atoms with van der Waals surface area (Å²) in [5, 5.41) is 0. The van der Waals surface area contributed by atoms with Crippen molar-refractivity contribution in [3.05, 3.63) is 23.8 Å². The highest BCUT2D eigenvalue weighted by molar-refractivity contribution is 5.17. The molecule has 0 aliphatic heterocycles. The molecule has 0 N–H and O–H groups in total. The average molecular weight is 164 g/mol. The Hall–Kier alpha value is -0.520. The molecule has 0 saturated carbocycles. The molecule has 0 radical (unpaired) electrons. The topological polar surface area (TPSA) is 0 Å². The van der Waals surface area contributed by atoms with Gasteiger partial charge in [0.2, 0.25) is 0 Å². The molecule has 0 amide bonds. The van der Waals surface area contributed by atoms with Gasteiger partial charge < -0.3 is 0 Å². The summed E-state index contributed by atoms with van der Waals surface area (Å²) in [7, 11) is 0. The molecule has 0 heteroatoms. The minimum absolute atomic E-state index is 0.656. The van der Waals surface area contributed by atoms with E-state index in [1.165, 1.54) is 18.4 Å². The molecule has 1 aliphatic rings. The zero-order chi connectivity index (χ0) is 9.14. The third-order valence-electron chi connectivity index (χ3n) is 3.00. The van der Waals surface area contributed by atoms with Crippen molar-refractivity contribution in [1.82, 2.24) is 0 Å². The van der Waals surface area contributed by atoms with Gasteiger partial charge in [-0.3, -0.25) is 0 Å². The van der Waals surface area contributed by atoms with Crippen LogP contribution in [0.4, 0.5) is 0 Å². The van der Waals surface area contributed by atoms with Crippen molar-refractivity contribution in [1.29, 1.82) is 0 Å². The second-order valence-corrected chi connectivity index (χ2v) is 4.07. The fourth-order valence-corrected chi connectivity index (χ4v) is 1.94. The maximum absolute atomic E-state index is 4.14. The van der Waals surface area contributed by atoms with Gasteiger partial charge in [0.1, 0.15) is 0 Å². The van der Waals surface area contributed by atoms with E-state index in [0.29, 0.717) is 5.92 Å². The maximum atomic E-state index is 4.14. The van der Waals surface area contributed by atoms with E-state index < -0.39 is 0 Å². The summed E-state index contributed by atoms with van der Waals surface area (Å²) >= 11 is 0. The fourth-order valence-electron chi connectivity index (χ4n) is 1.94. The minimum Gasteiger partial charge on any atom is -0.0993 e. The van der Waals surface area contributed by atoms with Crippen LogP contribution < -0.4 is 0 Å². The van der Waals surface area contributed by atoms with Crippen LogP contribution in [0.15, 0.2) is 23.8 Å². The van der Waals surface area contributed by atoms with Gasteiger partial charge in [0, 0.05) is 5.92 Å². The van der Waals surface area contributed by atoms with Crippen LogP contribution in [-0.2, 0) is 0 Å². The highest BCUT2D eigenvalue weighted by Gasteiger charge is 2.20. The average Bonchev–Trinajstić information content (AvgIpc) is 2.08. The van der Waals surface area contributed by atoms with Gasteiger partial charge >= 0.3 is 0 Å². The van der Waals surface area contributed by atoms with Crippen molar-refractivity contribution in [2.24, 2.45) is 11.8 Å². The highest BCUT2D eigenvalue weighted by Crippen LogP contribution is 2.33. The summed E-state index contributed by atoms with van der Waals surface area (Å²) < 4.78 is 0. The summed E-state index contributed by atoms with van der Waals surface area (Å²) in [5.74, 6) is 1.46. The third kappa shape index (κ3) is 2.00. The molecule has 0 aromatic rings. The highest BCUT2D eigenvalue weighted by atomic mass is 14.3. The summed E-state index contributed by atoms with van der Waals surface area (Å²) in [6.07, 6.45) is 6.17. The zero-order valence-electron chi connectivity index (χ0n) is 8.56. The largest absolute Gasteiger partial charge is 0.0993 e. The SMILES string of the molecule is C=C(CC)C1C=C(C)CCC1C. The molecule has 12 heavy (non-hydrogen) atoms. The Morgan fingerprint density at radius 1 is 1.67 bits per heavy atom. The van der Waals surface area contributed by atoms with Crippen molar-refractivity contribution < 1.29 is 0 Å². The maximum Gasteiger partial charge on any atom is 0.000227 e. The Morgan fingerprint density at radius 3 is 2.92 bits per heavy atom. The molecule has 0 saturated heterocycles. The number of hydrogen-bond donors (Lipinski definition) is 0. The Labute approximate surface area is 76.4 Å². The number of hydrogen-bond acceptors (Lipinski definition) is 0. The van der Waals surface area contributed by atoms with Crippen molar-refractivity contribution >= 4 is 0 Å². The minimum atomic E-state index is 0.656. The first-order chi connectivity index (χ1) is 5.65. The molecule has 0 nitrogen and oxygen atoms in total. The Balaban J connectivity index is 2.72. The lowest BCUT2D eigenvalue weighted by Crippen LogP contribution is -2.15. The molecule has 1 rings (SSSR count). The van der Waals surface area contributed by atoms with Gasteiger partial charge in [0.15, 0.2) is 0 Å². The van der Waals surface area contributed by atoms with Crippen LogP contribution in [0.1, 0.15) is 40.0 Å². The van der Waals surface area contributed by atoms with Crippen LogP contribution in [0.3, 0.4) is 0 Å². The van der Waals surface area contributed by atoms with E-state index in [9.17, 15) is 0 Å². The second-order valence-electron chi connectivity index (χ2n) is 4.07. The summed E-state index contributed by atoms with van der Waals surface area (Å²) in [4.78, 5) is 0. The predicted octanol–water partition coefficient (Wildman–Crippen LogP) is 3.95. The number of rotatable bonds is 2. The molecule has 0 heterocycles. The Kier molecular flexibility index (Phi) is 3.13. The van der Waals surface area contributed by atoms with Gasteiger partial charge in [-0.15, -0.1) is 0 Å². The standard InChI is InChI=1S/C12H20/c1-5-10(3)12-8-9(2)6-7-11(12)4/h8,11-12H,3,5-7H2,1-2,4H3. The lowest BCUT2D eigenvalue weighted by Gasteiger charge is -2.27. The first-order valence-electron chi connectivity index (χ1n) is 5.00. The van der Waals surface area contributed by atoms with E-state index >= 15 is 0 Å². The zero-order valence-corrected chi connectivity index (χ0v) is 8.56. The van der Waals surface area contributed by atoms with Gasteiger partial charge in [-0.2, -0.15) is 0 Å². The van der Waals surface area contributed by atoms with Crippen LogP contribution in [-0.4, -0.2) is 0 Å². The van der Waals surface area contributed by atoms with Crippen molar-refractivity contribution in [2.75, 3.05) is 0 Å². The van der Waals surface area contributed by atoms with Crippen molar-refractivity contribution in [3.63, 3.8) is 0 Å². The predicted molar refractivity (Wildman–Crippen MR) is 55.1 cm³/mol. The first-order valence-corrected chi connectivity index (χ1v) is 5.00. The van der Waals surface area contributed by atoms with Crippen LogP contribution >= 0.6 is 0 Å². The van der Waals surface area contributed by atoms with E-state index in [1.54, 1.807) is 5.57 Å². The van der Waals surface area contributed by atoms with Crippen LogP contribution in [0.5, 0.6) is 0 Å². The third-order valence-corrected chi connectivity index (χ3v) is 3.00. The molecule has 0 bridgehead atoms. The monoisotopic (exact) mass is 164 g/mol. The van der Waals surface area contributed by atoms with E-state index in [-0.39, 0.29) is 0 Å². The lowest BCUT2D eigenvalue weighted by atomic mass is 9.78. The summed E-state index contributed by atoms with van der Waals surface area (Å²) in [5.41, 5.74) is 2.95. The Morgan fingerprint density at radius 2 is 2.33 bits per heavy atom. The van der Waals surface area contributed by atoms with E-state index in [0.717, 1.165) is 12.3 Å². The van der Waals surface area contributed by atoms with Crippen LogP contribution in [0.25, 0.3) is 0 Å². The van der Waals surface area contributed by atoms with E-state index in [1.807, 2.05) is 0 Å². The van der Waals surface area contributed by atoms with Crippen molar-refractivity contribution in [3.8, 4) is 0 Å². The smallest absolute Gasteiger partial charge is 0.000227 e. The molecule has 0 spiro atoms. The first kappa shape index (κ1) is 9.57. The quantitative estimate of drug-likeness (QED) is 0.542. The van der Waals surface area contributed by atoms with Crippen molar-refractivity contribution in [2.45, 2.75) is 40.0 Å². The molecule has 0 aromatic heterocycles. The van der Waals surface area contributed by atoms with Gasteiger partial charge in [-0.1, -0.05) is 37.6 Å².